The van der Waals surface area contributed by atoms with Crippen molar-refractivity contribution in [3.8, 4) is 0 Å². The maximum absolute atomic E-state index is 13.2. The van der Waals surface area contributed by atoms with Crippen molar-refractivity contribution in [3.05, 3.63) is 0 Å². The van der Waals surface area contributed by atoms with Crippen LogP contribution < -0.4 is 5.73 Å². The highest BCUT2D eigenvalue weighted by Crippen LogP contribution is 2.58. The fourth-order valence-electron chi connectivity index (χ4n) is 4.34. The van der Waals surface area contributed by atoms with E-state index in [0.717, 1.165) is 19.3 Å². The standard InChI is InChI=1S/C16H30N2O3/c1-5-11(6-2)18(8-9-19)14(20)16(17)12-7-10-21-13(12)15(16,3)4/h11-13,19H,5-10,17H2,1-4H3. The summed E-state index contributed by atoms with van der Waals surface area (Å²) in [6.45, 7) is 9.23. The van der Waals surface area contributed by atoms with Crippen LogP contribution in [0.5, 0.6) is 0 Å². The number of carbonyl (C=O) groups excluding carboxylic acids is 1. The summed E-state index contributed by atoms with van der Waals surface area (Å²) in [5.74, 6) is 0.0950. The van der Waals surface area contributed by atoms with Gasteiger partial charge in [-0.15, -0.1) is 0 Å². The molecule has 0 aromatic heterocycles. The Morgan fingerprint density at radius 2 is 2.05 bits per heavy atom. The first kappa shape index (κ1) is 16.7. The van der Waals surface area contributed by atoms with E-state index in [0.29, 0.717) is 13.2 Å². The molecule has 1 amide bonds. The first-order chi connectivity index (χ1) is 9.86. The Labute approximate surface area is 127 Å². The maximum atomic E-state index is 13.2. The Kier molecular flexibility index (Phi) is 4.66. The molecule has 2 rings (SSSR count). The van der Waals surface area contributed by atoms with E-state index in [9.17, 15) is 9.90 Å². The monoisotopic (exact) mass is 298 g/mol. The van der Waals surface area contributed by atoms with Crippen LogP contribution in [0.25, 0.3) is 0 Å². The molecule has 0 bridgehead atoms. The number of nitrogens with two attached hydrogens (primary N) is 1. The Bertz CT molecular complexity index is 395. The number of ether oxygens (including phenoxy) is 1. The number of rotatable bonds is 6. The van der Waals surface area contributed by atoms with Gasteiger partial charge in [-0.3, -0.25) is 4.79 Å². The second-order valence-corrected chi connectivity index (χ2v) is 6.97. The fourth-order valence-corrected chi connectivity index (χ4v) is 4.34. The Balaban J connectivity index is 2.27. The van der Waals surface area contributed by atoms with Crippen LogP contribution in [0.4, 0.5) is 0 Å². The molecule has 1 aliphatic heterocycles. The smallest absolute Gasteiger partial charge is 0.244 e. The van der Waals surface area contributed by atoms with Crippen LogP contribution in [-0.2, 0) is 9.53 Å². The van der Waals surface area contributed by atoms with Crippen molar-refractivity contribution >= 4 is 5.91 Å². The van der Waals surface area contributed by atoms with E-state index in [4.69, 9.17) is 10.5 Å². The fraction of sp³-hybridized carbons (Fsp3) is 0.938. The molecule has 0 radical (unpaired) electrons. The molecular weight excluding hydrogens is 268 g/mol. The summed E-state index contributed by atoms with van der Waals surface area (Å²) >= 11 is 0. The molecule has 3 atom stereocenters. The van der Waals surface area contributed by atoms with E-state index in [2.05, 4.69) is 13.8 Å². The normalized spacial score (nSPS) is 33.7. The predicted molar refractivity (Wildman–Crippen MR) is 81.7 cm³/mol. The zero-order valence-electron chi connectivity index (χ0n) is 13.8. The van der Waals surface area contributed by atoms with Gasteiger partial charge in [0.05, 0.1) is 12.7 Å². The molecule has 2 fully saturated rings. The van der Waals surface area contributed by atoms with Crippen molar-refractivity contribution in [1.82, 2.24) is 4.90 Å². The van der Waals surface area contributed by atoms with Gasteiger partial charge in [0.25, 0.3) is 0 Å². The van der Waals surface area contributed by atoms with Crippen molar-refractivity contribution in [2.24, 2.45) is 17.1 Å². The van der Waals surface area contributed by atoms with Gasteiger partial charge in [0.2, 0.25) is 5.91 Å². The number of nitrogens with zero attached hydrogens (tertiary/aromatic N) is 1. The lowest BCUT2D eigenvalue weighted by Crippen LogP contribution is -2.80. The zero-order chi connectivity index (χ0) is 15.8. The molecule has 5 nitrogen and oxygen atoms in total. The lowest BCUT2D eigenvalue weighted by Gasteiger charge is -2.62. The highest BCUT2D eigenvalue weighted by atomic mass is 16.5. The average Bonchev–Trinajstić information content (AvgIpc) is 2.94. The average molecular weight is 298 g/mol. The zero-order valence-corrected chi connectivity index (χ0v) is 13.8. The van der Waals surface area contributed by atoms with Crippen molar-refractivity contribution in [2.45, 2.75) is 64.6 Å². The molecule has 5 heteroatoms. The van der Waals surface area contributed by atoms with Crippen LogP contribution in [-0.4, -0.2) is 53.4 Å². The predicted octanol–water partition coefficient (Wildman–Crippen LogP) is 1.14. The molecule has 0 spiro atoms. The molecule has 122 valence electrons. The van der Waals surface area contributed by atoms with Crippen molar-refractivity contribution < 1.29 is 14.6 Å². The van der Waals surface area contributed by atoms with Gasteiger partial charge in [-0.1, -0.05) is 27.7 Å². The van der Waals surface area contributed by atoms with E-state index < -0.39 is 5.54 Å². The molecule has 2 aliphatic rings. The van der Waals surface area contributed by atoms with Gasteiger partial charge in [-0.25, -0.2) is 0 Å². The largest absolute Gasteiger partial charge is 0.395 e. The molecule has 0 aromatic rings. The first-order valence-electron chi connectivity index (χ1n) is 8.18. The molecule has 3 unspecified atom stereocenters. The van der Waals surface area contributed by atoms with Crippen LogP contribution in [0.15, 0.2) is 0 Å². The van der Waals surface area contributed by atoms with Crippen LogP contribution in [0, 0.1) is 11.3 Å². The van der Waals surface area contributed by atoms with Gasteiger partial charge in [-0.2, -0.15) is 0 Å². The molecule has 3 N–H and O–H groups in total. The number of aliphatic hydroxyl groups excluding tert-OH is 1. The number of hydrogen-bond acceptors (Lipinski definition) is 4. The molecule has 21 heavy (non-hydrogen) atoms. The summed E-state index contributed by atoms with van der Waals surface area (Å²) in [6.07, 6.45) is 2.70. The summed E-state index contributed by atoms with van der Waals surface area (Å²) in [5.41, 5.74) is 5.41. The summed E-state index contributed by atoms with van der Waals surface area (Å²) in [5, 5.41) is 9.34. The Hall–Kier alpha value is -0.650. The van der Waals surface area contributed by atoms with Gasteiger partial charge in [0.1, 0.15) is 5.54 Å². The summed E-state index contributed by atoms with van der Waals surface area (Å²) in [4.78, 5) is 15.0. The maximum Gasteiger partial charge on any atom is 0.244 e. The van der Waals surface area contributed by atoms with Crippen molar-refractivity contribution in [1.29, 1.82) is 0 Å². The van der Waals surface area contributed by atoms with Crippen LogP contribution in [0.1, 0.15) is 47.0 Å². The van der Waals surface area contributed by atoms with Crippen LogP contribution >= 0.6 is 0 Å². The summed E-state index contributed by atoms with van der Waals surface area (Å²) in [7, 11) is 0. The first-order valence-corrected chi connectivity index (χ1v) is 8.18. The van der Waals surface area contributed by atoms with E-state index in [1.54, 1.807) is 4.90 Å². The topological polar surface area (TPSA) is 75.8 Å². The molecule has 1 saturated carbocycles. The second-order valence-electron chi connectivity index (χ2n) is 6.97. The number of amides is 1. The minimum atomic E-state index is -0.869. The molecule has 1 saturated heterocycles. The van der Waals surface area contributed by atoms with Gasteiger partial charge in [-0.05, 0) is 19.3 Å². The summed E-state index contributed by atoms with van der Waals surface area (Å²) in [6, 6.07) is 0.141. The van der Waals surface area contributed by atoms with Gasteiger partial charge < -0.3 is 20.5 Å². The second kappa shape index (κ2) is 5.86. The Morgan fingerprint density at radius 3 is 2.57 bits per heavy atom. The van der Waals surface area contributed by atoms with Gasteiger partial charge in [0, 0.05) is 30.5 Å². The number of aliphatic hydroxyl groups is 1. The van der Waals surface area contributed by atoms with Crippen molar-refractivity contribution in [2.75, 3.05) is 19.8 Å². The minimum absolute atomic E-state index is 0.0120. The summed E-state index contributed by atoms with van der Waals surface area (Å²) < 4.78 is 5.77. The molecule has 1 heterocycles. The van der Waals surface area contributed by atoms with Crippen molar-refractivity contribution in [3.63, 3.8) is 0 Å². The quantitative estimate of drug-likeness (QED) is 0.771. The third-order valence-electron chi connectivity index (χ3n) is 5.79. The van der Waals surface area contributed by atoms with Gasteiger partial charge in [0.15, 0.2) is 0 Å². The molecular formula is C16H30N2O3. The Morgan fingerprint density at radius 1 is 1.43 bits per heavy atom. The van der Waals surface area contributed by atoms with Gasteiger partial charge >= 0.3 is 0 Å². The third-order valence-corrected chi connectivity index (χ3v) is 5.79. The third kappa shape index (κ3) is 2.21. The van der Waals surface area contributed by atoms with Crippen LogP contribution in [0.2, 0.25) is 0 Å². The van der Waals surface area contributed by atoms with E-state index in [1.807, 2.05) is 13.8 Å². The lowest BCUT2D eigenvalue weighted by molar-refractivity contribution is -0.186. The molecule has 1 aliphatic carbocycles. The van der Waals surface area contributed by atoms with E-state index in [1.165, 1.54) is 0 Å². The van der Waals surface area contributed by atoms with E-state index >= 15 is 0 Å². The number of carbonyl (C=O) groups is 1. The lowest BCUT2D eigenvalue weighted by atomic mass is 9.47. The highest BCUT2D eigenvalue weighted by Gasteiger charge is 2.72. The van der Waals surface area contributed by atoms with E-state index in [-0.39, 0.29) is 36.0 Å². The molecule has 0 aromatic carbocycles. The highest BCUT2D eigenvalue weighted by molar-refractivity contribution is 5.90. The SMILES string of the molecule is CCC(CC)N(CCO)C(=O)C1(N)C2CCOC2C1(C)C. The number of hydrogen-bond donors (Lipinski definition) is 2. The van der Waals surface area contributed by atoms with Crippen LogP contribution in [0.3, 0.4) is 0 Å². The minimum Gasteiger partial charge on any atom is -0.395 e. The number of fused-ring (bicyclic) bond motifs is 1.